The van der Waals surface area contributed by atoms with Gasteiger partial charge in [0.05, 0.1) is 23.4 Å². The van der Waals surface area contributed by atoms with E-state index in [-0.39, 0.29) is 5.69 Å². The average molecular weight is 364 g/mol. The molecule has 0 unspecified atom stereocenters. The van der Waals surface area contributed by atoms with Gasteiger partial charge in [0, 0.05) is 29.8 Å². The van der Waals surface area contributed by atoms with Crippen LogP contribution < -0.4 is 10.1 Å². The Kier molecular flexibility index (Phi) is 4.50. The van der Waals surface area contributed by atoms with E-state index in [0.717, 1.165) is 54.3 Å². The zero-order chi connectivity index (χ0) is 18.8. The number of hydrogen-bond acceptors (Lipinski definition) is 5. The summed E-state index contributed by atoms with van der Waals surface area (Å²) in [5.41, 5.74) is 3.93. The standard InChI is InChI=1S/C20H20N4O3/c1-27-17-6-4-5-14(13-17)19-18-7-2-3-12-21-20(18)23(22-19)15-8-10-16(11-9-15)24(25)26/h4-6,8-11,13,21H,2-3,7,12H2,1H3. The molecule has 138 valence electrons. The van der Waals surface area contributed by atoms with Crippen LogP contribution in [0.5, 0.6) is 5.75 Å². The summed E-state index contributed by atoms with van der Waals surface area (Å²) in [4.78, 5) is 10.5. The number of ether oxygens (including phenoxy) is 1. The first-order valence-electron chi connectivity index (χ1n) is 8.92. The fourth-order valence-electron chi connectivity index (χ4n) is 3.41. The average Bonchev–Trinajstić information content (AvgIpc) is 2.89. The van der Waals surface area contributed by atoms with Gasteiger partial charge in [0.25, 0.3) is 5.69 Å². The third-order valence-electron chi connectivity index (χ3n) is 4.78. The molecule has 0 spiro atoms. The lowest BCUT2D eigenvalue weighted by Gasteiger charge is -2.09. The summed E-state index contributed by atoms with van der Waals surface area (Å²) in [6.07, 6.45) is 3.11. The lowest BCUT2D eigenvalue weighted by atomic mass is 10.0. The van der Waals surface area contributed by atoms with E-state index in [0.29, 0.717) is 0 Å². The molecule has 1 N–H and O–H groups in total. The van der Waals surface area contributed by atoms with Crippen LogP contribution in [0.25, 0.3) is 16.9 Å². The smallest absolute Gasteiger partial charge is 0.269 e. The summed E-state index contributed by atoms with van der Waals surface area (Å²) in [6.45, 7) is 0.878. The van der Waals surface area contributed by atoms with E-state index in [2.05, 4.69) is 5.32 Å². The first-order chi connectivity index (χ1) is 13.2. The number of methoxy groups -OCH3 is 1. The topological polar surface area (TPSA) is 82.2 Å². The summed E-state index contributed by atoms with van der Waals surface area (Å²) in [5, 5.41) is 19.3. The monoisotopic (exact) mass is 364 g/mol. The Labute approximate surface area is 156 Å². The largest absolute Gasteiger partial charge is 0.497 e. The van der Waals surface area contributed by atoms with Gasteiger partial charge in [-0.3, -0.25) is 10.1 Å². The Morgan fingerprint density at radius 2 is 2.00 bits per heavy atom. The Bertz CT molecular complexity index is 979. The van der Waals surface area contributed by atoms with Crippen LogP contribution in [0, 0.1) is 10.1 Å². The summed E-state index contributed by atoms with van der Waals surface area (Å²) >= 11 is 0. The molecule has 27 heavy (non-hydrogen) atoms. The third-order valence-corrected chi connectivity index (χ3v) is 4.78. The molecular weight excluding hydrogens is 344 g/mol. The lowest BCUT2D eigenvalue weighted by Crippen LogP contribution is -2.07. The van der Waals surface area contributed by atoms with Gasteiger partial charge in [-0.1, -0.05) is 12.1 Å². The Hall–Kier alpha value is -3.35. The fourth-order valence-corrected chi connectivity index (χ4v) is 3.41. The number of aromatic nitrogens is 2. The molecule has 0 amide bonds. The molecule has 1 aromatic heterocycles. The van der Waals surface area contributed by atoms with Crippen LogP contribution in [0.1, 0.15) is 18.4 Å². The molecular formula is C20H20N4O3. The van der Waals surface area contributed by atoms with E-state index in [1.165, 1.54) is 17.7 Å². The number of rotatable bonds is 4. The van der Waals surface area contributed by atoms with Gasteiger partial charge < -0.3 is 10.1 Å². The van der Waals surface area contributed by atoms with Crippen molar-refractivity contribution in [3.05, 3.63) is 64.2 Å². The van der Waals surface area contributed by atoms with Gasteiger partial charge in [0.15, 0.2) is 0 Å². The van der Waals surface area contributed by atoms with Crippen molar-refractivity contribution in [1.82, 2.24) is 9.78 Å². The molecule has 0 atom stereocenters. The van der Waals surface area contributed by atoms with E-state index in [4.69, 9.17) is 9.84 Å². The van der Waals surface area contributed by atoms with E-state index in [1.54, 1.807) is 19.2 Å². The van der Waals surface area contributed by atoms with E-state index >= 15 is 0 Å². The zero-order valence-electron chi connectivity index (χ0n) is 15.0. The van der Waals surface area contributed by atoms with Crippen LogP contribution in [0.15, 0.2) is 48.5 Å². The maximum Gasteiger partial charge on any atom is 0.269 e. The zero-order valence-corrected chi connectivity index (χ0v) is 15.0. The van der Waals surface area contributed by atoms with Gasteiger partial charge in [-0.05, 0) is 43.5 Å². The number of nitrogens with zero attached hydrogens (tertiary/aromatic N) is 3. The highest BCUT2D eigenvalue weighted by Gasteiger charge is 2.22. The molecule has 2 heterocycles. The van der Waals surface area contributed by atoms with Crippen LogP contribution in [0.2, 0.25) is 0 Å². The van der Waals surface area contributed by atoms with Gasteiger partial charge in [0.1, 0.15) is 11.6 Å². The minimum absolute atomic E-state index is 0.0676. The first-order valence-corrected chi connectivity index (χ1v) is 8.92. The van der Waals surface area contributed by atoms with Crippen molar-refractivity contribution in [3.63, 3.8) is 0 Å². The highest BCUT2D eigenvalue weighted by atomic mass is 16.6. The molecule has 0 radical (unpaired) electrons. The lowest BCUT2D eigenvalue weighted by molar-refractivity contribution is -0.384. The number of non-ortho nitro benzene ring substituents is 1. The molecule has 0 fully saturated rings. The summed E-state index contributed by atoms with van der Waals surface area (Å²) in [6, 6.07) is 14.3. The molecule has 1 aliphatic heterocycles. The molecule has 0 saturated carbocycles. The number of anilines is 1. The van der Waals surface area contributed by atoms with Crippen molar-refractivity contribution < 1.29 is 9.66 Å². The SMILES string of the molecule is COc1cccc(-c2nn(-c3ccc([N+](=O)[O-])cc3)c3c2CCCCN3)c1. The normalized spacial score (nSPS) is 13.4. The van der Waals surface area contributed by atoms with Gasteiger partial charge >= 0.3 is 0 Å². The molecule has 0 saturated heterocycles. The van der Waals surface area contributed by atoms with Crippen LogP contribution in [-0.4, -0.2) is 28.4 Å². The minimum atomic E-state index is -0.396. The third kappa shape index (κ3) is 3.23. The molecule has 0 bridgehead atoms. The second-order valence-electron chi connectivity index (χ2n) is 6.48. The molecule has 1 aliphatic rings. The van der Waals surface area contributed by atoms with Gasteiger partial charge in [-0.25, -0.2) is 4.68 Å². The molecule has 4 rings (SSSR count). The number of hydrogen-bond donors (Lipinski definition) is 1. The maximum atomic E-state index is 10.9. The van der Waals surface area contributed by atoms with E-state index in [9.17, 15) is 10.1 Å². The second-order valence-corrected chi connectivity index (χ2v) is 6.48. The predicted molar refractivity (Wildman–Crippen MR) is 104 cm³/mol. The van der Waals surface area contributed by atoms with Gasteiger partial charge in [0.2, 0.25) is 0 Å². The van der Waals surface area contributed by atoms with Crippen LogP contribution in [0.4, 0.5) is 11.5 Å². The van der Waals surface area contributed by atoms with Crippen molar-refractivity contribution in [3.8, 4) is 22.7 Å². The Morgan fingerprint density at radius 1 is 1.19 bits per heavy atom. The Balaban J connectivity index is 1.85. The summed E-state index contributed by atoms with van der Waals surface area (Å²) in [5.74, 6) is 1.74. The van der Waals surface area contributed by atoms with Crippen LogP contribution in [0.3, 0.4) is 0 Å². The number of nitro groups is 1. The number of nitrogens with one attached hydrogen (secondary N) is 1. The fraction of sp³-hybridized carbons (Fsp3) is 0.250. The van der Waals surface area contributed by atoms with Crippen molar-refractivity contribution in [2.45, 2.75) is 19.3 Å². The van der Waals surface area contributed by atoms with Gasteiger partial charge in [-0.2, -0.15) is 5.10 Å². The molecule has 7 nitrogen and oxygen atoms in total. The number of nitro benzene ring substituents is 1. The number of fused-ring (bicyclic) bond motifs is 1. The Morgan fingerprint density at radius 3 is 2.74 bits per heavy atom. The van der Waals surface area contributed by atoms with Crippen molar-refractivity contribution in [2.24, 2.45) is 0 Å². The number of benzene rings is 2. The van der Waals surface area contributed by atoms with Crippen molar-refractivity contribution in [2.75, 3.05) is 19.0 Å². The highest BCUT2D eigenvalue weighted by Crippen LogP contribution is 2.35. The van der Waals surface area contributed by atoms with E-state index < -0.39 is 4.92 Å². The molecule has 3 aromatic rings. The maximum absolute atomic E-state index is 10.9. The van der Waals surface area contributed by atoms with Crippen molar-refractivity contribution >= 4 is 11.5 Å². The van der Waals surface area contributed by atoms with Crippen LogP contribution in [-0.2, 0) is 6.42 Å². The van der Waals surface area contributed by atoms with E-state index in [1.807, 2.05) is 28.9 Å². The molecule has 7 heteroatoms. The minimum Gasteiger partial charge on any atom is -0.497 e. The highest BCUT2D eigenvalue weighted by molar-refractivity contribution is 5.72. The molecule has 2 aromatic carbocycles. The quantitative estimate of drug-likeness (QED) is 0.554. The van der Waals surface area contributed by atoms with Gasteiger partial charge in [-0.15, -0.1) is 0 Å². The predicted octanol–water partition coefficient (Wildman–Crippen LogP) is 4.20. The van der Waals surface area contributed by atoms with Crippen LogP contribution >= 0.6 is 0 Å². The summed E-state index contributed by atoms with van der Waals surface area (Å²) < 4.78 is 7.20. The summed E-state index contributed by atoms with van der Waals surface area (Å²) in [7, 11) is 1.65. The van der Waals surface area contributed by atoms with Crippen molar-refractivity contribution in [1.29, 1.82) is 0 Å². The molecule has 0 aliphatic carbocycles. The second kappa shape index (κ2) is 7.11. The first kappa shape index (κ1) is 17.1.